The molecular formula is C13H19FN2. The first-order valence-electron chi connectivity index (χ1n) is 6.00. The molecule has 0 radical (unpaired) electrons. The molecule has 1 aliphatic carbocycles. The zero-order chi connectivity index (χ0) is 11.5. The Balaban J connectivity index is 1.95. The minimum absolute atomic E-state index is 0.222. The summed E-state index contributed by atoms with van der Waals surface area (Å²) in [6, 6.07) is 2.14. The van der Waals surface area contributed by atoms with E-state index in [2.05, 4.69) is 24.1 Å². The van der Waals surface area contributed by atoms with Crippen molar-refractivity contribution in [1.82, 2.24) is 10.3 Å². The number of halogens is 1. The Hall–Kier alpha value is -0.960. The highest BCUT2D eigenvalue weighted by molar-refractivity contribution is 5.19. The molecule has 0 spiro atoms. The smallest absolute Gasteiger partial charge is 0.141 e. The van der Waals surface area contributed by atoms with E-state index in [0.717, 1.165) is 18.5 Å². The summed E-state index contributed by atoms with van der Waals surface area (Å²) in [5.41, 5.74) is 1.06. The lowest BCUT2D eigenvalue weighted by Crippen LogP contribution is -2.36. The van der Waals surface area contributed by atoms with Crippen LogP contribution >= 0.6 is 0 Å². The SMILES string of the molecule is CC(C)NCC1CCC1c1cncc(F)c1. The fourth-order valence-corrected chi connectivity index (χ4v) is 2.27. The van der Waals surface area contributed by atoms with Crippen LogP contribution in [0.5, 0.6) is 0 Å². The van der Waals surface area contributed by atoms with Gasteiger partial charge in [0.25, 0.3) is 0 Å². The van der Waals surface area contributed by atoms with Crippen LogP contribution in [0.4, 0.5) is 4.39 Å². The molecule has 0 aliphatic heterocycles. The molecule has 2 rings (SSSR count). The molecule has 2 nitrogen and oxygen atoms in total. The number of nitrogens with zero attached hydrogens (tertiary/aromatic N) is 1. The summed E-state index contributed by atoms with van der Waals surface area (Å²) in [6.45, 7) is 5.33. The van der Waals surface area contributed by atoms with Gasteiger partial charge in [-0.15, -0.1) is 0 Å². The molecule has 1 aromatic heterocycles. The molecular weight excluding hydrogens is 203 g/mol. The fraction of sp³-hybridized carbons (Fsp3) is 0.615. The number of hydrogen-bond donors (Lipinski definition) is 1. The molecule has 0 bridgehead atoms. The van der Waals surface area contributed by atoms with E-state index < -0.39 is 0 Å². The maximum atomic E-state index is 13.1. The van der Waals surface area contributed by atoms with E-state index in [1.807, 2.05) is 0 Å². The molecule has 1 N–H and O–H groups in total. The van der Waals surface area contributed by atoms with E-state index >= 15 is 0 Å². The maximum Gasteiger partial charge on any atom is 0.141 e. The molecule has 1 saturated carbocycles. The molecule has 88 valence electrons. The van der Waals surface area contributed by atoms with Gasteiger partial charge in [-0.2, -0.15) is 0 Å². The van der Waals surface area contributed by atoms with Crippen molar-refractivity contribution in [1.29, 1.82) is 0 Å². The van der Waals surface area contributed by atoms with Gasteiger partial charge >= 0.3 is 0 Å². The lowest BCUT2D eigenvalue weighted by Gasteiger charge is -2.37. The summed E-state index contributed by atoms with van der Waals surface area (Å²) in [4.78, 5) is 3.92. The average Bonchev–Trinajstić information content (AvgIpc) is 2.15. The first kappa shape index (κ1) is 11.5. The van der Waals surface area contributed by atoms with E-state index in [4.69, 9.17) is 0 Å². The fourth-order valence-electron chi connectivity index (χ4n) is 2.27. The summed E-state index contributed by atoms with van der Waals surface area (Å²) in [5.74, 6) is 0.917. The lowest BCUT2D eigenvalue weighted by atomic mass is 9.70. The van der Waals surface area contributed by atoms with Crippen LogP contribution in [-0.4, -0.2) is 17.6 Å². The van der Waals surface area contributed by atoms with Gasteiger partial charge in [0.05, 0.1) is 6.20 Å². The third kappa shape index (κ3) is 2.59. The Morgan fingerprint density at radius 3 is 2.81 bits per heavy atom. The highest BCUT2D eigenvalue weighted by atomic mass is 19.1. The Bertz CT molecular complexity index is 352. The zero-order valence-electron chi connectivity index (χ0n) is 9.91. The van der Waals surface area contributed by atoms with Crippen molar-refractivity contribution in [2.75, 3.05) is 6.54 Å². The number of rotatable bonds is 4. The zero-order valence-corrected chi connectivity index (χ0v) is 9.91. The first-order chi connectivity index (χ1) is 7.66. The molecule has 0 aromatic carbocycles. The van der Waals surface area contributed by atoms with Gasteiger partial charge in [0.1, 0.15) is 5.82 Å². The Morgan fingerprint density at radius 1 is 1.44 bits per heavy atom. The molecule has 1 aromatic rings. The largest absolute Gasteiger partial charge is 0.314 e. The molecule has 16 heavy (non-hydrogen) atoms. The minimum atomic E-state index is -0.222. The van der Waals surface area contributed by atoms with Crippen molar-refractivity contribution in [3.63, 3.8) is 0 Å². The van der Waals surface area contributed by atoms with Gasteiger partial charge in [0, 0.05) is 12.2 Å². The van der Waals surface area contributed by atoms with Crippen LogP contribution in [0.25, 0.3) is 0 Å². The normalized spacial score (nSPS) is 24.5. The predicted molar refractivity (Wildman–Crippen MR) is 62.8 cm³/mol. The monoisotopic (exact) mass is 222 g/mol. The second kappa shape index (κ2) is 4.91. The second-order valence-corrected chi connectivity index (χ2v) is 4.94. The molecule has 0 amide bonds. The average molecular weight is 222 g/mol. The summed E-state index contributed by atoms with van der Waals surface area (Å²) in [6.07, 6.45) is 5.47. The van der Waals surface area contributed by atoms with Crippen LogP contribution < -0.4 is 5.32 Å². The van der Waals surface area contributed by atoms with Crippen LogP contribution in [-0.2, 0) is 0 Å². The van der Waals surface area contributed by atoms with Crippen LogP contribution in [0.3, 0.4) is 0 Å². The van der Waals surface area contributed by atoms with Crippen molar-refractivity contribution >= 4 is 0 Å². The molecule has 2 unspecified atom stereocenters. The van der Waals surface area contributed by atoms with Crippen LogP contribution in [0.2, 0.25) is 0 Å². The number of aromatic nitrogens is 1. The van der Waals surface area contributed by atoms with Gasteiger partial charge in [0.15, 0.2) is 0 Å². The number of hydrogen-bond acceptors (Lipinski definition) is 2. The molecule has 3 heteroatoms. The molecule has 2 atom stereocenters. The van der Waals surface area contributed by atoms with Crippen molar-refractivity contribution in [2.24, 2.45) is 5.92 Å². The quantitative estimate of drug-likeness (QED) is 0.847. The second-order valence-electron chi connectivity index (χ2n) is 4.94. The predicted octanol–water partition coefficient (Wildman–Crippen LogP) is 2.71. The highest BCUT2D eigenvalue weighted by Crippen LogP contribution is 2.41. The minimum Gasteiger partial charge on any atom is -0.314 e. The Kier molecular flexibility index (Phi) is 3.54. The summed E-state index contributed by atoms with van der Waals surface area (Å²) in [5, 5.41) is 3.45. The van der Waals surface area contributed by atoms with Gasteiger partial charge in [-0.05, 0) is 42.9 Å². The molecule has 1 heterocycles. The highest BCUT2D eigenvalue weighted by Gasteiger charge is 2.32. The van der Waals surface area contributed by atoms with Crippen LogP contribution in [0, 0.1) is 11.7 Å². The number of pyridine rings is 1. The van der Waals surface area contributed by atoms with E-state index in [-0.39, 0.29) is 5.82 Å². The standard InChI is InChI=1S/C13H19FN2/c1-9(2)16-7-10-3-4-13(10)11-5-12(14)8-15-6-11/h5-6,8-10,13,16H,3-4,7H2,1-2H3. The summed E-state index contributed by atoms with van der Waals surface area (Å²) in [7, 11) is 0. The first-order valence-corrected chi connectivity index (χ1v) is 6.00. The van der Waals surface area contributed by atoms with Gasteiger partial charge < -0.3 is 5.32 Å². The topological polar surface area (TPSA) is 24.9 Å². The van der Waals surface area contributed by atoms with Crippen molar-refractivity contribution in [3.8, 4) is 0 Å². The van der Waals surface area contributed by atoms with Gasteiger partial charge in [-0.1, -0.05) is 13.8 Å². The summed E-state index contributed by atoms with van der Waals surface area (Å²) >= 11 is 0. The van der Waals surface area contributed by atoms with Crippen LogP contribution in [0.15, 0.2) is 18.5 Å². The maximum absolute atomic E-state index is 13.1. The van der Waals surface area contributed by atoms with Crippen molar-refractivity contribution in [3.05, 3.63) is 29.8 Å². The molecule has 0 saturated heterocycles. The van der Waals surface area contributed by atoms with Gasteiger partial charge in [0.2, 0.25) is 0 Å². The summed E-state index contributed by atoms with van der Waals surface area (Å²) < 4.78 is 13.1. The third-order valence-corrected chi connectivity index (χ3v) is 3.36. The lowest BCUT2D eigenvalue weighted by molar-refractivity contribution is 0.240. The van der Waals surface area contributed by atoms with E-state index in [1.54, 1.807) is 12.3 Å². The van der Waals surface area contributed by atoms with Crippen molar-refractivity contribution < 1.29 is 4.39 Å². The van der Waals surface area contributed by atoms with Crippen LogP contribution in [0.1, 0.15) is 38.2 Å². The van der Waals surface area contributed by atoms with Gasteiger partial charge in [-0.3, -0.25) is 4.98 Å². The van der Waals surface area contributed by atoms with Gasteiger partial charge in [-0.25, -0.2) is 4.39 Å². The molecule has 1 aliphatic rings. The number of nitrogens with one attached hydrogen (secondary N) is 1. The van der Waals surface area contributed by atoms with E-state index in [1.165, 1.54) is 12.6 Å². The van der Waals surface area contributed by atoms with Crippen molar-refractivity contribution in [2.45, 2.75) is 38.6 Å². The Morgan fingerprint density at radius 2 is 2.25 bits per heavy atom. The molecule has 1 fully saturated rings. The third-order valence-electron chi connectivity index (χ3n) is 3.36. The van der Waals surface area contributed by atoms with E-state index in [0.29, 0.717) is 17.9 Å². The van der Waals surface area contributed by atoms with E-state index in [9.17, 15) is 4.39 Å². The Labute approximate surface area is 96.3 Å².